The molecule has 0 aromatic rings. The van der Waals surface area contributed by atoms with E-state index < -0.39 is 0 Å². The first-order chi connectivity index (χ1) is 7.79. The van der Waals surface area contributed by atoms with Crippen LogP contribution in [0.1, 0.15) is 46.0 Å². The summed E-state index contributed by atoms with van der Waals surface area (Å²) in [5.74, 6) is 0. The predicted molar refractivity (Wildman–Crippen MR) is 69.8 cm³/mol. The SMILES string of the molecule is C=CCC(CCC)(CCC)N1CCOCC1. The first-order valence-electron chi connectivity index (χ1n) is 6.72. The number of hydrogen-bond acceptors (Lipinski definition) is 2. The van der Waals surface area contributed by atoms with Crippen LogP contribution in [0.2, 0.25) is 0 Å². The third-order valence-electron chi connectivity index (χ3n) is 3.64. The van der Waals surface area contributed by atoms with Gasteiger partial charge in [0.05, 0.1) is 13.2 Å². The van der Waals surface area contributed by atoms with Crippen molar-refractivity contribution in [1.82, 2.24) is 4.90 Å². The lowest BCUT2D eigenvalue weighted by Crippen LogP contribution is -2.53. The maximum atomic E-state index is 5.46. The molecule has 0 atom stereocenters. The van der Waals surface area contributed by atoms with Gasteiger partial charge in [-0.3, -0.25) is 4.90 Å². The molecular formula is C14H27NO. The van der Waals surface area contributed by atoms with Gasteiger partial charge in [-0.2, -0.15) is 0 Å². The van der Waals surface area contributed by atoms with Crippen molar-refractivity contribution in [2.24, 2.45) is 0 Å². The fourth-order valence-corrected chi connectivity index (χ4v) is 3.01. The summed E-state index contributed by atoms with van der Waals surface area (Å²) in [6.45, 7) is 12.5. The van der Waals surface area contributed by atoms with Gasteiger partial charge in [-0.15, -0.1) is 6.58 Å². The van der Waals surface area contributed by atoms with Crippen LogP contribution in [0, 0.1) is 0 Å². The Kier molecular flexibility index (Phi) is 6.07. The Labute approximate surface area is 101 Å². The second kappa shape index (κ2) is 7.08. The average molecular weight is 225 g/mol. The molecule has 0 N–H and O–H groups in total. The Balaban J connectivity index is 2.74. The standard InChI is InChI=1S/C14H27NO/c1-4-7-14(8-5-2,9-6-3)15-10-12-16-13-11-15/h4H,1,5-13H2,2-3H3. The topological polar surface area (TPSA) is 12.5 Å². The molecule has 0 saturated carbocycles. The summed E-state index contributed by atoms with van der Waals surface area (Å²) < 4.78 is 5.46. The molecule has 0 unspecified atom stereocenters. The minimum absolute atomic E-state index is 0.356. The van der Waals surface area contributed by atoms with Crippen LogP contribution in [0.25, 0.3) is 0 Å². The maximum Gasteiger partial charge on any atom is 0.0594 e. The van der Waals surface area contributed by atoms with E-state index >= 15 is 0 Å². The zero-order valence-corrected chi connectivity index (χ0v) is 11.0. The van der Waals surface area contributed by atoms with E-state index in [9.17, 15) is 0 Å². The number of hydrogen-bond donors (Lipinski definition) is 0. The fraction of sp³-hybridized carbons (Fsp3) is 0.857. The molecule has 0 aromatic heterocycles. The molecular weight excluding hydrogens is 198 g/mol. The van der Waals surface area contributed by atoms with Crippen LogP contribution < -0.4 is 0 Å². The second-order valence-electron chi connectivity index (χ2n) is 4.82. The summed E-state index contributed by atoms with van der Waals surface area (Å²) in [4.78, 5) is 2.64. The van der Waals surface area contributed by atoms with Crippen molar-refractivity contribution < 1.29 is 4.74 Å². The molecule has 0 bridgehead atoms. The van der Waals surface area contributed by atoms with Gasteiger partial charge in [-0.05, 0) is 19.3 Å². The minimum atomic E-state index is 0.356. The van der Waals surface area contributed by atoms with Crippen LogP contribution in [0.4, 0.5) is 0 Å². The van der Waals surface area contributed by atoms with Gasteiger partial charge in [0.1, 0.15) is 0 Å². The Morgan fingerprint density at radius 1 is 1.19 bits per heavy atom. The number of ether oxygens (including phenoxy) is 1. The van der Waals surface area contributed by atoms with Gasteiger partial charge in [0, 0.05) is 18.6 Å². The van der Waals surface area contributed by atoms with Crippen LogP contribution in [-0.2, 0) is 4.74 Å². The Morgan fingerprint density at radius 3 is 2.19 bits per heavy atom. The molecule has 0 amide bonds. The molecule has 0 aromatic carbocycles. The summed E-state index contributed by atoms with van der Waals surface area (Å²) in [6, 6.07) is 0. The quantitative estimate of drug-likeness (QED) is 0.617. The van der Waals surface area contributed by atoms with E-state index in [1.54, 1.807) is 0 Å². The molecule has 1 saturated heterocycles. The van der Waals surface area contributed by atoms with E-state index in [0.29, 0.717) is 5.54 Å². The molecule has 16 heavy (non-hydrogen) atoms. The Bertz CT molecular complexity index is 191. The molecule has 2 nitrogen and oxygen atoms in total. The largest absolute Gasteiger partial charge is 0.379 e. The van der Waals surface area contributed by atoms with Gasteiger partial charge >= 0.3 is 0 Å². The summed E-state index contributed by atoms with van der Waals surface area (Å²) >= 11 is 0. The number of rotatable bonds is 7. The second-order valence-corrected chi connectivity index (χ2v) is 4.82. The zero-order chi connectivity index (χ0) is 11.9. The van der Waals surface area contributed by atoms with Crippen molar-refractivity contribution in [2.75, 3.05) is 26.3 Å². The van der Waals surface area contributed by atoms with Crippen LogP contribution >= 0.6 is 0 Å². The van der Waals surface area contributed by atoms with E-state index in [1.165, 1.54) is 25.7 Å². The molecule has 1 fully saturated rings. The van der Waals surface area contributed by atoms with Crippen molar-refractivity contribution in [3.63, 3.8) is 0 Å². The molecule has 2 heteroatoms. The summed E-state index contributed by atoms with van der Waals surface area (Å²) in [5.41, 5.74) is 0.356. The van der Waals surface area contributed by atoms with Gasteiger partial charge < -0.3 is 4.74 Å². The van der Waals surface area contributed by atoms with E-state index in [-0.39, 0.29) is 0 Å². The lowest BCUT2D eigenvalue weighted by atomic mass is 9.83. The lowest BCUT2D eigenvalue weighted by Gasteiger charge is -2.45. The van der Waals surface area contributed by atoms with Crippen LogP contribution in [0.3, 0.4) is 0 Å². The Morgan fingerprint density at radius 2 is 1.75 bits per heavy atom. The summed E-state index contributed by atoms with van der Waals surface area (Å²) in [7, 11) is 0. The lowest BCUT2D eigenvalue weighted by molar-refractivity contribution is -0.0294. The van der Waals surface area contributed by atoms with E-state index in [2.05, 4.69) is 31.4 Å². The highest BCUT2D eigenvalue weighted by Crippen LogP contribution is 2.32. The van der Waals surface area contributed by atoms with Gasteiger partial charge in [-0.25, -0.2) is 0 Å². The van der Waals surface area contributed by atoms with Crippen molar-refractivity contribution >= 4 is 0 Å². The number of nitrogens with zero attached hydrogens (tertiary/aromatic N) is 1. The van der Waals surface area contributed by atoms with Crippen LogP contribution in [0.5, 0.6) is 0 Å². The molecule has 1 aliphatic heterocycles. The van der Waals surface area contributed by atoms with E-state index in [0.717, 1.165) is 32.7 Å². The first kappa shape index (κ1) is 13.7. The molecule has 0 radical (unpaired) electrons. The normalized spacial score (nSPS) is 18.6. The van der Waals surface area contributed by atoms with Gasteiger partial charge in [0.15, 0.2) is 0 Å². The molecule has 1 aliphatic rings. The van der Waals surface area contributed by atoms with Gasteiger partial charge in [-0.1, -0.05) is 32.8 Å². The van der Waals surface area contributed by atoms with Crippen molar-refractivity contribution in [1.29, 1.82) is 0 Å². The highest BCUT2D eigenvalue weighted by Gasteiger charge is 2.34. The van der Waals surface area contributed by atoms with Crippen molar-refractivity contribution in [3.8, 4) is 0 Å². The first-order valence-corrected chi connectivity index (χ1v) is 6.72. The molecule has 94 valence electrons. The molecule has 1 heterocycles. The summed E-state index contributed by atoms with van der Waals surface area (Å²) in [5, 5.41) is 0. The monoisotopic (exact) mass is 225 g/mol. The maximum absolute atomic E-state index is 5.46. The Hall–Kier alpha value is -0.340. The van der Waals surface area contributed by atoms with Crippen LogP contribution in [0.15, 0.2) is 12.7 Å². The molecule has 0 aliphatic carbocycles. The predicted octanol–water partition coefficient (Wildman–Crippen LogP) is 3.23. The van der Waals surface area contributed by atoms with Gasteiger partial charge in [0.2, 0.25) is 0 Å². The van der Waals surface area contributed by atoms with Gasteiger partial charge in [0.25, 0.3) is 0 Å². The highest BCUT2D eigenvalue weighted by atomic mass is 16.5. The van der Waals surface area contributed by atoms with E-state index in [4.69, 9.17) is 4.74 Å². The molecule has 0 spiro atoms. The number of morpholine rings is 1. The summed E-state index contributed by atoms with van der Waals surface area (Å²) in [6.07, 6.45) is 8.30. The van der Waals surface area contributed by atoms with E-state index in [1.807, 2.05) is 0 Å². The van der Waals surface area contributed by atoms with Crippen molar-refractivity contribution in [3.05, 3.63) is 12.7 Å². The zero-order valence-electron chi connectivity index (χ0n) is 11.0. The minimum Gasteiger partial charge on any atom is -0.379 e. The van der Waals surface area contributed by atoms with Crippen molar-refractivity contribution in [2.45, 2.75) is 51.5 Å². The highest BCUT2D eigenvalue weighted by molar-refractivity contribution is 4.96. The molecule has 1 rings (SSSR count). The fourth-order valence-electron chi connectivity index (χ4n) is 3.01. The van der Waals surface area contributed by atoms with Crippen LogP contribution in [-0.4, -0.2) is 36.7 Å². The third kappa shape index (κ3) is 3.33. The average Bonchev–Trinajstić information content (AvgIpc) is 2.31. The third-order valence-corrected chi connectivity index (χ3v) is 3.64. The smallest absolute Gasteiger partial charge is 0.0594 e.